The zero-order chi connectivity index (χ0) is 11.3. The summed E-state index contributed by atoms with van der Waals surface area (Å²) in [4.78, 5) is 11.1. The summed E-state index contributed by atoms with van der Waals surface area (Å²) in [5, 5.41) is 13.5. The van der Waals surface area contributed by atoms with E-state index in [1.54, 1.807) is 23.9 Å². The number of rotatable bonds is 5. The van der Waals surface area contributed by atoms with Gasteiger partial charge >= 0.3 is 0 Å². The van der Waals surface area contributed by atoms with Crippen LogP contribution in [0, 0.1) is 10.1 Å². The van der Waals surface area contributed by atoms with Gasteiger partial charge in [0.15, 0.2) is 0 Å². The molecule has 0 aliphatic heterocycles. The van der Waals surface area contributed by atoms with E-state index in [-0.39, 0.29) is 10.6 Å². The minimum Gasteiger partial charge on any atom is -0.316 e. The predicted molar refractivity (Wildman–Crippen MR) is 62.3 cm³/mol. The molecular formula is C10H14N2O2S. The van der Waals surface area contributed by atoms with Gasteiger partial charge in [0.25, 0.3) is 5.69 Å². The summed E-state index contributed by atoms with van der Waals surface area (Å²) >= 11 is 1.69. The molecular weight excluding hydrogens is 212 g/mol. The Morgan fingerprint density at radius 2 is 2.07 bits per heavy atom. The van der Waals surface area contributed by atoms with Crippen LogP contribution in [0.5, 0.6) is 0 Å². The number of hydrogen-bond acceptors (Lipinski definition) is 4. The highest BCUT2D eigenvalue weighted by atomic mass is 32.2. The van der Waals surface area contributed by atoms with Crippen LogP contribution in [0.15, 0.2) is 29.2 Å². The first-order valence-electron chi connectivity index (χ1n) is 4.68. The quantitative estimate of drug-likeness (QED) is 0.475. The molecule has 1 atom stereocenters. The van der Waals surface area contributed by atoms with E-state index in [2.05, 4.69) is 12.2 Å². The molecule has 1 rings (SSSR count). The maximum absolute atomic E-state index is 10.4. The zero-order valence-corrected chi connectivity index (χ0v) is 9.58. The molecule has 0 aliphatic carbocycles. The van der Waals surface area contributed by atoms with Crippen LogP contribution in [0.1, 0.15) is 6.92 Å². The van der Waals surface area contributed by atoms with Crippen LogP contribution in [-0.4, -0.2) is 23.8 Å². The topological polar surface area (TPSA) is 55.2 Å². The van der Waals surface area contributed by atoms with Crippen molar-refractivity contribution in [1.82, 2.24) is 5.32 Å². The Labute approximate surface area is 93.2 Å². The molecule has 0 saturated heterocycles. The highest BCUT2D eigenvalue weighted by molar-refractivity contribution is 7.99. The van der Waals surface area contributed by atoms with E-state index in [1.807, 2.05) is 7.05 Å². The lowest BCUT2D eigenvalue weighted by molar-refractivity contribution is -0.384. The minimum absolute atomic E-state index is 0.140. The standard InChI is InChI=1S/C10H14N2O2S/c1-8(11-2)7-15-10-5-3-9(4-6-10)12(13)14/h3-6,8,11H,7H2,1-2H3. The van der Waals surface area contributed by atoms with Gasteiger partial charge in [0.1, 0.15) is 0 Å². The number of hydrogen-bond donors (Lipinski definition) is 1. The van der Waals surface area contributed by atoms with E-state index in [4.69, 9.17) is 0 Å². The van der Waals surface area contributed by atoms with E-state index in [0.717, 1.165) is 10.6 Å². The second-order valence-electron chi connectivity index (χ2n) is 3.25. The fraction of sp³-hybridized carbons (Fsp3) is 0.400. The van der Waals surface area contributed by atoms with Crippen molar-refractivity contribution in [2.24, 2.45) is 0 Å². The van der Waals surface area contributed by atoms with E-state index >= 15 is 0 Å². The van der Waals surface area contributed by atoms with Crippen LogP contribution in [-0.2, 0) is 0 Å². The molecule has 1 N–H and O–H groups in total. The number of non-ortho nitro benzene ring substituents is 1. The third kappa shape index (κ3) is 3.89. The lowest BCUT2D eigenvalue weighted by Crippen LogP contribution is -2.23. The Balaban J connectivity index is 2.53. The molecule has 0 fully saturated rings. The Bertz CT molecular complexity index is 327. The highest BCUT2D eigenvalue weighted by Gasteiger charge is 2.05. The maximum atomic E-state index is 10.4. The molecule has 0 heterocycles. The van der Waals surface area contributed by atoms with Gasteiger partial charge in [0.2, 0.25) is 0 Å². The molecule has 1 aromatic carbocycles. The number of thioether (sulfide) groups is 1. The number of nitrogens with one attached hydrogen (secondary N) is 1. The smallest absolute Gasteiger partial charge is 0.269 e. The Hall–Kier alpha value is -1.07. The first kappa shape index (κ1) is 12.0. The van der Waals surface area contributed by atoms with Crippen molar-refractivity contribution in [2.45, 2.75) is 17.9 Å². The largest absolute Gasteiger partial charge is 0.316 e. The molecule has 0 bridgehead atoms. The molecule has 5 heteroatoms. The summed E-state index contributed by atoms with van der Waals surface area (Å²) in [6.45, 7) is 2.10. The zero-order valence-electron chi connectivity index (χ0n) is 8.77. The van der Waals surface area contributed by atoms with Crippen LogP contribution in [0.4, 0.5) is 5.69 Å². The van der Waals surface area contributed by atoms with Gasteiger partial charge in [-0.25, -0.2) is 0 Å². The molecule has 82 valence electrons. The van der Waals surface area contributed by atoms with Crippen molar-refractivity contribution in [3.05, 3.63) is 34.4 Å². The first-order chi connectivity index (χ1) is 7.13. The summed E-state index contributed by atoms with van der Waals surface area (Å²) in [5.74, 6) is 0.953. The Morgan fingerprint density at radius 1 is 1.47 bits per heavy atom. The van der Waals surface area contributed by atoms with Crippen molar-refractivity contribution < 1.29 is 4.92 Å². The van der Waals surface area contributed by atoms with E-state index in [1.165, 1.54) is 12.1 Å². The van der Waals surface area contributed by atoms with E-state index in [9.17, 15) is 10.1 Å². The van der Waals surface area contributed by atoms with Gasteiger partial charge < -0.3 is 5.32 Å². The summed E-state index contributed by atoms with van der Waals surface area (Å²) in [7, 11) is 1.92. The number of nitro benzene ring substituents is 1. The second kappa shape index (κ2) is 5.72. The van der Waals surface area contributed by atoms with Gasteiger partial charge in [-0.2, -0.15) is 0 Å². The maximum Gasteiger partial charge on any atom is 0.269 e. The van der Waals surface area contributed by atoms with Crippen molar-refractivity contribution in [3.8, 4) is 0 Å². The fourth-order valence-electron chi connectivity index (χ4n) is 0.969. The van der Waals surface area contributed by atoms with Crippen molar-refractivity contribution >= 4 is 17.4 Å². The van der Waals surface area contributed by atoms with Gasteiger partial charge in [-0.15, -0.1) is 11.8 Å². The molecule has 0 aromatic heterocycles. The Kier molecular flexibility index (Phi) is 4.58. The first-order valence-corrected chi connectivity index (χ1v) is 5.66. The SMILES string of the molecule is CNC(C)CSc1ccc([N+](=O)[O-])cc1. The van der Waals surface area contributed by atoms with Gasteiger partial charge in [-0.1, -0.05) is 0 Å². The fourth-order valence-corrected chi connectivity index (χ4v) is 1.91. The van der Waals surface area contributed by atoms with Crippen LogP contribution in [0.3, 0.4) is 0 Å². The third-order valence-electron chi connectivity index (χ3n) is 2.04. The molecule has 1 unspecified atom stereocenters. The highest BCUT2D eigenvalue weighted by Crippen LogP contribution is 2.21. The average molecular weight is 226 g/mol. The van der Waals surface area contributed by atoms with Crippen LogP contribution in [0.25, 0.3) is 0 Å². The van der Waals surface area contributed by atoms with Crippen molar-refractivity contribution in [2.75, 3.05) is 12.8 Å². The van der Waals surface area contributed by atoms with Crippen LogP contribution < -0.4 is 5.32 Å². The Morgan fingerprint density at radius 3 is 2.53 bits per heavy atom. The molecule has 0 saturated carbocycles. The number of nitrogens with zero attached hydrogens (tertiary/aromatic N) is 1. The summed E-state index contributed by atoms with van der Waals surface area (Å²) in [5.41, 5.74) is 0.140. The van der Waals surface area contributed by atoms with Gasteiger partial charge in [-0.3, -0.25) is 10.1 Å². The second-order valence-corrected chi connectivity index (χ2v) is 4.35. The minimum atomic E-state index is -0.384. The monoisotopic (exact) mass is 226 g/mol. The van der Waals surface area contributed by atoms with Crippen LogP contribution in [0.2, 0.25) is 0 Å². The predicted octanol–water partition coefficient (Wildman–Crippen LogP) is 2.29. The molecule has 15 heavy (non-hydrogen) atoms. The van der Waals surface area contributed by atoms with E-state index < -0.39 is 0 Å². The van der Waals surface area contributed by atoms with Crippen LogP contribution >= 0.6 is 11.8 Å². The summed E-state index contributed by atoms with van der Waals surface area (Å²) < 4.78 is 0. The lowest BCUT2D eigenvalue weighted by atomic mass is 10.3. The average Bonchev–Trinajstić information content (AvgIpc) is 2.26. The van der Waals surface area contributed by atoms with E-state index in [0.29, 0.717) is 6.04 Å². The number of benzene rings is 1. The molecule has 0 amide bonds. The van der Waals surface area contributed by atoms with Gasteiger partial charge in [-0.05, 0) is 26.1 Å². The van der Waals surface area contributed by atoms with Crippen molar-refractivity contribution in [3.63, 3.8) is 0 Å². The third-order valence-corrected chi connectivity index (χ3v) is 3.31. The normalized spacial score (nSPS) is 12.4. The molecule has 0 spiro atoms. The molecule has 0 aliphatic rings. The van der Waals surface area contributed by atoms with Gasteiger partial charge in [0, 0.05) is 28.8 Å². The summed E-state index contributed by atoms with van der Waals surface area (Å²) in [6, 6.07) is 7.07. The molecule has 0 radical (unpaired) electrons. The molecule has 4 nitrogen and oxygen atoms in total. The lowest BCUT2D eigenvalue weighted by Gasteiger charge is -2.08. The summed E-state index contributed by atoms with van der Waals surface area (Å²) in [6.07, 6.45) is 0. The molecule has 1 aromatic rings. The van der Waals surface area contributed by atoms with Crippen molar-refractivity contribution in [1.29, 1.82) is 0 Å². The number of nitro groups is 1. The van der Waals surface area contributed by atoms with Gasteiger partial charge in [0.05, 0.1) is 4.92 Å².